The van der Waals surface area contributed by atoms with Gasteiger partial charge in [-0.05, 0) is 52.3 Å². The molecule has 0 unspecified atom stereocenters. The van der Waals surface area contributed by atoms with Crippen LogP contribution in [0.4, 0.5) is 4.79 Å². The van der Waals surface area contributed by atoms with Gasteiger partial charge in [0.25, 0.3) is 0 Å². The van der Waals surface area contributed by atoms with E-state index in [9.17, 15) is 4.79 Å². The second-order valence-electron chi connectivity index (χ2n) is 6.69. The molecule has 0 aliphatic carbocycles. The molecule has 0 radical (unpaired) electrons. The summed E-state index contributed by atoms with van der Waals surface area (Å²) < 4.78 is 5.57. The maximum absolute atomic E-state index is 12.5. The third-order valence-corrected chi connectivity index (χ3v) is 4.05. The summed E-state index contributed by atoms with van der Waals surface area (Å²) in [6, 6.07) is 10.3. The zero-order chi connectivity index (χ0) is 15.5. The fourth-order valence-corrected chi connectivity index (χ4v) is 2.91. The van der Waals surface area contributed by atoms with Crippen LogP contribution in [0, 0.1) is 0 Å². The van der Waals surface area contributed by atoms with E-state index >= 15 is 0 Å². The minimum absolute atomic E-state index is 0.256. The van der Waals surface area contributed by atoms with E-state index in [-0.39, 0.29) is 11.6 Å². The number of nitrogens with zero attached hydrogens (tertiary/aromatic N) is 1. The first-order valence-electron chi connectivity index (χ1n) is 7.58. The normalized spacial score (nSPS) is 18.1. The SMILES string of the molecule is CN(C(=O)OC(C)(C)C)C1(c2ccccc2)CCNCC1. The van der Waals surface area contributed by atoms with Crippen LogP contribution in [0.1, 0.15) is 39.2 Å². The first-order valence-corrected chi connectivity index (χ1v) is 7.58. The summed E-state index contributed by atoms with van der Waals surface area (Å²) in [5.41, 5.74) is 0.421. The van der Waals surface area contributed by atoms with Crippen molar-refractivity contribution < 1.29 is 9.53 Å². The molecule has 0 aromatic heterocycles. The summed E-state index contributed by atoms with van der Waals surface area (Å²) in [5.74, 6) is 0. The van der Waals surface area contributed by atoms with Crippen LogP contribution in [0.15, 0.2) is 30.3 Å². The third-order valence-electron chi connectivity index (χ3n) is 4.05. The Hall–Kier alpha value is -1.55. The first-order chi connectivity index (χ1) is 9.85. The van der Waals surface area contributed by atoms with Crippen molar-refractivity contribution in [3.8, 4) is 0 Å². The number of piperidine rings is 1. The van der Waals surface area contributed by atoms with Crippen LogP contribution in [0.5, 0.6) is 0 Å². The Morgan fingerprint density at radius 3 is 2.29 bits per heavy atom. The zero-order valence-corrected chi connectivity index (χ0v) is 13.5. The molecule has 2 rings (SSSR count). The molecule has 0 atom stereocenters. The third kappa shape index (κ3) is 3.56. The Balaban J connectivity index is 2.30. The van der Waals surface area contributed by atoms with Gasteiger partial charge in [-0.3, -0.25) is 0 Å². The fourth-order valence-electron chi connectivity index (χ4n) is 2.91. The van der Waals surface area contributed by atoms with Gasteiger partial charge >= 0.3 is 6.09 Å². The highest BCUT2D eigenvalue weighted by atomic mass is 16.6. The van der Waals surface area contributed by atoms with Crippen LogP contribution < -0.4 is 5.32 Å². The van der Waals surface area contributed by atoms with Gasteiger partial charge in [0.2, 0.25) is 0 Å². The molecule has 1 aromatic rings. The molecule has 1 aliphatic heterocycles. The predicted molar refractivity (Wildman–Crippen MR) is 84.2 cm³/mol. The number of hydrogen-bond donors (Lipinski definition) is 1. The van der Waals surface area contributed by atoms with E-state index in [1.54, 1.807) is 4.90 Å². The van der Waals surface area contributed by atoms with E-state index in [1.165, 1.54) is 5.56 Å². The number of carbonyl (C=O) groups excluding carboxylic acids is 1. The number of rotatable bonds is 2. The summed E-state index contributed by atoms with van der Waals surface area (Å²) in [4.78, 5) is 14.3. The summed E-state index contributed by atoms with van der Waals surface area (Å²) in [5, 5.41) is 3.37. The van der Waals surface area contributed by atoms with E-state index in [0.717, 1.165) is 25.9 Å². The fraction of sp³-hybridized carbons (Fsp3) is 0.588. The van der Waals surface area contributed by atoms with Crippen LogP contribution in [0.2, 0.25) is 0 Å². The highest BCUT2D eigenvalue weighted by Gasteiger charge is 2.41. The number of ether oxygens (including phenoxy) is 1. The Bertz CT molecular complexity index is 473. The molecule has 21 heavy (non-hydrogen) atoms. The second-order valence-corrected chi connectivity index (χ2v) is 6.69. The van der Waals surface area contributed by atoms with Crippen LogP contribution in [0.25, 0.3) is 0 Å². The van der Waals surface area contributed by atoms with Crippen molar-refractivity contribution in [2.24, 2.45) is 0 Å². The van der Waals surface area contributed by atoms with E-state index < -0.39 is 5.60 Å². The number of nitrogens with one attached hydrogen (secondary N) is 1. The largest absolute Gasteiger partial charge is 0.444 e. The lowest BCUT2D eigenvalue weighted by Gasteiger charge is -2.45. The van der Waals surface area contributed by atoms with Gasteiger partial charge in [0.1, 0.15) is 5.60 Å². The lowest BCUT2D eigenvalue weighted by Crippen LogP contribution is -2.53. The molecule has 0 spiro atoms. The summed E-state index contributed by atoms with van der Waals surface area (Å²) in [6.07, 6.45) is 1.53. The van der Waals surface area contributed by atoms with E-state index in [0.29, 0.717) is 0 Å². The molecule has 4 heteroatoms. The molecule has 0 bridgehead atoms. The van der Waals surface area contributed by atoms with Gasteiger partial charge < -0.3 is 15.0 Å². The molecule has 1 fully saturated rings. The molecule has 116 valence electrons. The van der Waals surface area contributed by atoms with Crippen molar-refractivity contribution >= 4 is 6.09 Å². The lowest BCUT2D eigenvalue weighted by atomic mass is 9.80. The second kappa shape index (κ2) is 6.06. The average Bonchev–Trinajstić information content (AvgIpc) is 2.46. The van der Waals surface area contributed by atoms with Crippen molar-refractivity contribution in [3.63, 3.8) is 0 Å². The summed E-state index contributed by atoms with van der Waals surface area (Å²) in [7, 11) is 1.85. The van der Waals surface area contributed by atoms with Gasteiger partial charge in [-0.25, -0.2) is 4.79 Å². The minimum Gasteiger partial charge on any atom is -0.444 e. The van der Waals surface area contributed by atoms with Crippen LogP contribution in [-0.4, -0.2) is 36.7 Å². The van der Waals surface area contributed by atoms with Crippen molar-refractivity contribution in [2.45, 2.75) is 44.8 Å². The van der Waals surface area contributed by atoms with Gasteiger partial charge in [-0.1, -0.05) is 30.3 Å². The molecular formula is C17H26N2O2. The minimum atomic E-state index is -0.476. The Morgan fingerprint density at radius 2 is 1.76 bits per heavy atom. The van der Waals surface area contributed by atoms with E-state index in [2.05, 4.69) is 17.4 Å². The van der Waals surface area contributed by atoms with Gasteiger partial charge in [0.15, 0.2) is 0 Å². The maximum Gasteiger partial charge on any atom is 0.410 e. The van der Waals surface area contributed by atoms with Gasteiger partial charge in [0, 0.05) is 7.05 Å². The molecule has 1 aliphatic rings. The predicted octanol–water partition coefficient (Wildman–Crippen LogP) is 3.13. The van der Waals surface area contributed by atoms with E-state index in [1.807, 2.05) is 46.0 Å². The number of carbonyl (C=O) groups is 1. The molecule has 1 N–H and O–H groups in total. The first kappa shape index (κ1) is 15.8. The molecule has 0 saturated carbocycles. The van der Waals surface area contributed by atoms with Gasteiger partial charge in [-0.15, -0.1) is 0 Å². The molecule has 1 amide bonds. The van der Waals surface area contributed by atoms with Crippen LogP contribution in [-0.2, 0) is 10.3 Å². The summed E-state index contributed by atoms with van der Waals surface area (Å²) in [6.45, 7) is 7.51. The van der Waals surface area contributed by atoms with Crippen LogP contribution >= 0.6 is 0 Å². The maximum atomic E-state index is 12.5. The quantitative estimate of drug-likeness (QED) is 0.910. The van der Waals surface area contributed by atoms with Crippen LogP contribution in [0.3, 0.4) is 0 Å². The molecule has 1 heterocycles. The average molecular weight is 290 g/mol. The lowest BCUT2D eigenvalue weighted by molar-refractivity contribution is -0.00368. The number of amides is 1. The number of hydrogen-bond acceptors (Lipinski definition) is 3. The van der Waals surface area contributed by atoms with Gasteiger partial charge in [0.05, 0.1) is 5.54 Å². The smallest absolute Gasteiger partial charge is 0.410 e. The standard InChI is InChI=1S/C17H26N2O2/c1-16(2,3)21-15(20)19(4)17(10-12-18-13-11-17)14-8-6-5-7-9-14/h5-9,18H,10-13H2,1-4H3. The van der Waals surface area contributed by atoms with E-state index in [4.69, 9.17) is 4.74 Å². The zero-order valence-electron chi connectivity index (χ0n) is 13.5. The Labute approximate surface area is 127 Å². The molecular weight excluding hydrogens is 264 g/mol. The Morgan fingerprint density at radius 1 is 1.19 bits per heavy atom. The number of benzene rings is 1. The van der Waals surface area contributed by atoms with Crippen molar-refractivity contribution in [1.29, 1.82) is 0 Å². The van der Waals surface area contributed by atoms with Crippen molar-refractivity contribution in [1.82, 2.24) is 10.2 Å². The van der Waals surface area contributed by atoms with Crippen molar-refractivity contribution in [2.75, 3.05) is 20.1 Å². The topological polar surface area (TPSA) is 41.6 Å². The molecule has 1 saturated heterocycles. The Kier molecular flexibility index (Phi) is 4.57. The molecule has 4 nitrogen and oxygen atoms in total. The monoisotopic (exact) mass is 290 g/mol. The van der Waals surface area contributed by atoms with Gasteiger partial charge in [-0.2, -0.15) is 0 Å². The molecule has 1 aromatic carbocycles. The van der Waals surface area contributed by atoms with Crippen molar-refractivity contribution in [3.05, 3.63) is 35.9 Å². The highest BCUT2D eigenvalue weighted by molar-refractivity contribution is 5.69. The summed E-state index contributed by atoms with van der Waals surface area (Å²) >= 11 is 0. The highest BCUT2D eigenvalue weighted by Crippen LogP contribution is 2.37.